The Morgan fingerprint density at radius 3 is 2.93 bits per heavy atom. The number of aromatic nitrogens is 2. The van der Waals surface area contributed by atoms with E-state index in [1.165, 1.54) is 6.07 Å². The van der Waals surface area contributed by atoms with Crippen LogP contribution < -0.4 is 5.73 Å². The van der Waals surface area contributed by atoms with Gasteiger partial charge in [0.15, 0.2) is 0 Å². The molecule has 15 heavy (non-hydrogen) atoms. The molecule has 1 atom stereocenters. The van der Waals surface area contributed by atoms with Crippen molar-refractivity contribution < 1.29 is 9.53 Å². The van der Waals surface area contributed by atoms with Crippen LogP contribution in [-0.4, -0.2) is 47.8 Å². The topological polar surface area (TPSA) is 84.2 Å². The number of nitrogens with two attached hydrogens (primary N) is 1. The van der Waals surface area contributed by atoms with Crippen molar-refractivity contribution >= 4 is 11.7 Å². The van der Waals surface area contributed by atoms with E-state index in [4.69, 9.17) is 10.5 Å². The van der Waals surface area contributed by atoms with Crippen molar-refractivity contribution in [2.24, 2.45) is 0 Å². The van der Waals surface area contributed by atoms with Crippen LogP contribution in [0.25, 0.3) is 0 Å². The number of H-pyrrole nitrogens is 1. The molecule has 0 bridgehead atoms. The van der Waals surface area contributed by atoms with E-state index in [1.807, 2.05) is 6.92 Å². The third-order valence-corrected chi connectivity index (χ3v) is 2.22. The molecule has 84 valence electrons. The van der Waals surface area contributed by atoms with Gasteiger partial charge in [0.25, 0.3) is 5.91 Å². The lowest BCUT2D eigenvalue weighted by Gasteiger charge is -2.23. The molecule has 6 nitrogen and oxygen atoms in total. The Kier molecular flexibility index (Phi) is 3.68. The first-order valence-corrected chi connectivity index (χ1v) is 4.63. The second-order valence-electron chi connectivity index (χ2n) is 3.43. The van der Waals surface area contributed by atoms with E-state index in [2.05, 4.69) is 10.2 Å². The van der Waals surface area contributed by atoms with Crippen molar-refractivity contribution in [3.05, 3.63) is 11.8 Å². The molecule has 1 unspecified atom stereocenters. The molecule has 0 saturated heterocycles. The Balaban J connectivity index is 2.68. The Morgan fingerprint density at radius 1 is 1.80 bits per heavy atom. The van der Waals surface area contributed by atoms with Gasteiger partial charge in [0, 0.05) is 20.2 Å². The number of methoxy groups -OCH3 is 1. The molecule has 6 heteroatoms. The highest BCUT2D eigenvalue weighted by Gasteiger charge is 2.18. The summed E-state index contributed by atoms with van der Waals surface area (Å²) in [6.07, 6.45) is 0. The highest BCUT2D eigenvalue weighted by molar-refractivity contribution is 5.92. The summed E-state index contributed by atoms with van der Waals surface area (Å²) >= 11 is 0. The average molecular weight is 212 g/mol. The van der Waals surface area contributed by atoms with Gasteiger partial charge in [-0.1, -0.05) is 0 Å². The number of hydrogen-bond donors (Lipinski definition) is 2. The maximum Gasteiger partial charge on any atom is 0.272 e. The number of nitrogens with one attached hydrogen (secondary N) is 1. The first-order chi connectivity index (χ1) is 7.06. The number of nitrogens with zero attached hydrogens (tertiary/aromatic N) is 2. The first kappa shape index (κ1) is 11.5. The van der Waals surface area contributed by atoms with Gasteiger partial charge in [-0.2, -0.15) is 5.10 Å². The Bertz CT molecular complexity index is 337. The van der Waals surface area contributed by atoms with Crippen LogP contribution in [0.15, 0.2) is 6.07 Å². The number of carbonyl (C=O) groups excluding carboxylic acids is 1. The first-order valence-electron chi connectivity index (χ1n) is 4.63. The third kappa shape index (κ3) is 2.69. The van der Waals surface area contributed by atoms with E-state index in [0.717, 1.165) is 0 Å². The molecule has 3 N–H and O–H groups in total. The minimum absolute atomic E-state index is 0.00650. The molecule has 0 aliphatic carbocycles. The number of ether oxygens (including phenoxy) is 1. The molecule has 1 rings (SSSR count). The lowest BCUT2D eigenvalue weighted by atomic mass is 10.3. The van der Waals surface area contributed by atoms with Gasteiger partial charge in [-0.25, -0.2) is 0 Å². The van der Waals surface area contributed by atoms with Gasteiger partial charge in [-0.3, -0.25) is 9.89 Å². The van der Waals surface area contributed by atoms with Crippen LogP contribution >= 0.6 is 0 Å². The number of aromatic amines is 1. The monoisotopic (exact) mass is 212 g/mol. The predicted octanol–water partition coefficient (Wildman–Crippen LogP) is 0.0988. The molecule has 0 aromatic carbocycles. The predicted molar refractivity (Wildman–Crippen MR) is 56.4 cm³/mol. The van der Waals surface area contributed by atoms with E-state index in [-0.39, 0.29) is 11.9 Å². The average Bonchev–Trinajstić information content (AvgIpc) is 2.63. The lowest BCUT2D eigenvalue weighted by molar-refractivity contribution is 0.0628. The van der Waals surface area contributed by atoms with Gasteiger partial charge in [0.2, 0.25) is 0 Å². The van der Waals surface area contributed by atoms with Gasteiger partial charge in [-0.05, 0) is 6.92 Å². The Morgan fingerprint density at radius 2 is 2.47 bits per heavy atom. The summed E-state index contributed by atoms with van der Waals surface area (Å²) < 4.78 is 4.97. The summed E-state index contributed by atoms with van der Waals surface area (Å²) in [6.45, 7) is 2.40. The van der Waals surface area contributed by atoms with Crippen molar-refractivity contribution in [1.82, 2.24) is 15.1 Å². The number of rotatable bonds is 4. The molecule has 0 saturated carbocycles. The molecule has 1 aromatic heterocycles. The number of anilines is 1. The van der Waals surface area contributed by atoms with E-state index in [0.29, 0.717) is 18.1 Å². The van der Waals surface area contributed by atoms with Crippen molar-refractivity contribution in [2.75, 3.05) is 26.5 Å². The van der Waals surface area contributed by atoms with Gasteiger partial charge in [0.05, 0.1) is 12.6 Å². The summed E-state index contributed by atoms with van der Waals surface area (Å²) in [5, 5.41) is 6.28. The number of hydrogen-bond acceptors (Lipinski definition) is 4. The van der Waals surface area contributed by atoms with Crippen LogP contribution in [0.3, 0.4) is 0 Å². The molecular formula is C9H16N4O2. The smallest absolute Gasteiger partial charge is 0.272 e. The highest BCUT2D eigenvalue weighted by atomic mass is 16.5. The third-order valence-electron chi connectivity index (χ3n) is 2.22. The normalized spacial score (nSPS) is 12.5. The zero-order chi connectivity index (χ0) is 11.4. The number of likely N-dealkylation sites (N-methyl/N-ethyl adjacent to an activating group) is 1. The van der Waals surface area contributed by atoms with Crippen molar-refractivity contribution in [3.63, 3.8) is 0 Å². The molecule has 1 amide bonds. The van der Waals surface area contributed by atoms with Crippen LogP contribution in [0.1, 0.15) is 17.4 Å². The molecule has 0 aliphatic heterocycles. The van der Waals surface area contributed by atoms with Crippen LogP contribution in [0, 0.1) is 0 Å². The van der Waals surface area contributed by atoms with Crippen LogP contribution in [-0.2, 0) is 4.74 Å². The minimum atomic E-state index is -0.149. The number of nitrogen functional groups attached to an aromatic ring is 1. The van der Waals surface area contributed by atoms with Crippen molar-refractivity contribution in [2.45, 2.75) is 13.0 Å². The number of carbonyl (C=O) groups is 1. The molecule has 1 aromatic rings. The lowest BCUT2D eigenvalue weighted by Crippen LogP contribution is -2.38. The van der Waals surface area contributed by atoms with Gasteiger partial charge >= 0.3 is 0 Å². The molecule has 0 radical (unpaired) electrons. The number of amides is 1. The molecule has 0 fully saturated rings. The van der Waals surface area contributed by atoms with E-state index in [1.54, 1.807) is 19.1 Å². The maximum atomic E-state index is 11.8. The van der Waals surface area contributed by atoms with Crippen molar-refractivity contribution in [1.29, 1.82) is 0 Å². The minimum Gasteiger partial charge on any atom is -0.383 e. The summed E-state index contributed by atoms with van der Waals surface area (Å²) in [5.74, 6) is 0.162. The largest absolute Gasteiger partial charge is 0.383 e. The van der Waals surface area contributed by atoms with Gasteiger partial charge in [0.1, 0.15) is 11.5 Å². The van der Waals surface area contributed by atoms with Crippen LogP contribution in [0.5, 0.6) is 0 Å². The fraction of sp³-hybridized carbons (Fsp3) is 0.556. The molecule has 1 heterocycles. The summed E-state index contributed by atoms with van der Waals surface area (Å²) in [6, 6.07) is 1.52. The second kappa shape index (κ2) is 4.79. The zero-order valence-electron chi connectivity index (χ0n) is 9.15. The Hall–Kier alpha value is -1.56. The fourth-order valence-electron chi connectivity index (χ4n) is 1.19. The zero-order valence-corrected chi connectivity index (χ0v) is 9.15. The van der Waals surface area contributed by atoms with Crippen LogP contribution in [0.4, 0.5) is 5.82 Å². The summed E-state index contributed by atoms with van der Waals surface area (Å²) in [4.78, 5) is 13.4. The molecular weight excluding hydrogens is 196 g/mol. The maximum absolute atomic E-state index is 11.8. The standard InChI is InChI=1S/C9H16N4O2/c1-6(5-15-3)13(2)9(14)7-4-8(10)12-11-7/h4,6H,5H2,1-3H3,(H3,10,11,12). The fourth-order valence-corrected chi connectivity index (χ4v) is 1.19. The van der Waals surface area contributed by atoms with Crippen LogP contribution in [0.2, 0.25) is 0 Å². The summed E-state index contributed by atoms with van der Waals surface area (Å²) in [7, 11) is 3.31. The second-order valence-corrected chi connectivity index (χ2v) is 3.43. The van der Waals surface area contributed by atoms with Gasteiger partial charge in [-0.15, -0.1) is 0 Å². The van der Waals surface area contributed by atoms with Gasteiger partial charge < -0.3 is 15.4 Å². The molecule has 0 aliphatic rings. The quantitative estimate of drug-likeness (QED) is 0.741. The van der Waals surface area contributed by atoms with Crippen molar-refractivity contribution in [3.8, 4) is 0 Å². The molecule has 0 spiro atoms. The highest BCUT2D eigenvalue weighted by Crippen LogP contribution is 2.06. The van der Waals surface area contributed by atoms with E-state index < -0.39 is 0 Å². The van der Waals surface area contributed by atoms with E-state index >= 15 is 0 Å². The Labute approximate surface area is 88.4 Å². The summed E-state index contributed by atoms with van der Waals surface area (Å²) in [5.41, 5.74) is 5.80. The van der Waals surface area contributed by atoms with E-state index in [9.17, 15) is 4.79 Å². The SMILES string of the molecule is COCC(C)N(C)C(=O)c1cc(N)n[nH]1.